The number of carboxylic acids is 1. The van der Waals surface area contributed by atoms with Crippen molar-refractivity contribution in [2.45, 2.75) is 0 Å². The molecule has 7 heteroatoms. The number of carboxylic acid groups (broad SMARTS) is 1. The average molecular weight is 280 g/mol. The maximum Gasteiger partial charge on any atom is 0.339 e. The van der Waals surface area contributed by atoms with Gasteiger partial charge < -0.3 is 15.2 Å². The van der Waals surface area contributed by atoms with Crippen molar-refractivity contribution in [1.82, 2.24) is 4.98 Å². The number of ether oxygens (including phenoxy) is 1. The third-order valence-electron chi connectivity index (χ3n) is 2.51. The fourth-order valence-corrected chi connectivity index (χ4v) is 1.56. The van der Waals surface area contributed by atoms with E-state index in [1.165, 1.54) is 19.2 Å². The van der Waals surface area contributed by atoms with Gasteiger partial charge >= 0.3 is 5.97 Å². The third kappa shape index (κ3) is 2.82. The Morgan fingerprint density at radius 1 is 1.35 bits per heavy atom. The van der Waals surface area contributed by atoms with Crippen LogP contribution in [-0.4, -0.2) is 23.2 Å². The number of aromatic carboxylic acids is 1. The van der Waals surface area contributed by atoms with Gasteiger partial charge in [0.05, 0.1) is 19.0 Å². The van der Waals surface area contributed by atoms with Gasteiger partial charge in [-0.05, 0) is 18.2 Å². The van der Waals surface area contributed by atoms with Crippen molar-refractivity contribution in [3.63, 3.8) is 0 Å². The Morgan fingerprint density at radius 2 is 2.10 bits per heavy atom. The molecule has 1 aromatic carbocycles. The zero-order valence-electron chi connectivity index (χ0n) is 10.4. The molecule has 0 fully saturated rings. The number of aromatic nitrogens is 1. The van der Waals surface area contributed by atoms with Gasteiger partial charge in [-0.1, -0.05) is 0 Å². The Hall–Kier alpha value is -2.70. The fraction of sp³-hybridized carbons (Fsp3) is 0.0769. The Balaban J connectivity index is 2.42. The molecule has 2 aromatic rings. The van der Waals surface area contributed by atoms with Gasteiger partial charge in [0.15, 0.2) is 0 Å². The maximum absolute atomic E-state index is 13.6. The number of carbonyl (C=O) groups is 1. The van der Waals surface area contributed by atoms with Crippen LogP contribution in [0.4, 0.5) is 20.3 Å². The van der Waals surface area contributed by atoms with Crippen LogP contribution in [0.5, 0.6) is 5.75 Å². The maximum atomic E-state index is 13.6. The Bertz CT molecular complexity index is 662. The van der Waals surface area contributed by atoms with E-state index < -0.39 is 23.2 Å². The number of hydrogen-bond acceptors (Lipinski definition) is 4. The number of nitrogens with one attached hydrogen (secondary N) is 1. The minimum atomic E-state index is -1.37. The summed E-state index contributed by atoms with van der Waals surface area (Å²) in [5.41, 5.74) is -0.418. The summed E-state index contributed by atoms with van der Waals surface area (Å²) in [4.78, 5) is 14.6. The van der Waals surface area contributed by atoms with E-state index in [1.807, 2.05) is 0 Å². The Kier molecular flexibility index (Phi) is 3.79. The summed E-state index contributed by atoms with van der Waals surface area (Å²) < 4.78 is 31.6. The molecule has 0 amide bonds. The number of nitrogens with zero attached hydrogens (tertiary/aromatic N) is 1. The molecule has 0 saturated heterocycles. The summed E-state index contributed by atoms with van der Waals surface area (Å²) in [7, 11) is 1.41. The molecule has 5 nitrogen and oxygen atoms in total. The van der Waals surface area contributed by atoms with Gasteiger partial charge in [-0.25, -0.2) is 18.6 Å². The van der Waals surface area contributed by atoms with Crippen LogP contribution in [0.15, 0.2) is 30.5 Å². The molecule has 1 aromatic heterocycles. The molecule has 0 bridgehead atoms. The van der Waals surface area contributed by atoms with Crippen molar-refractivity contribution >= 4 is 17.5 Å². The largest absolute Gasteiger partial charge is 0.497 e. The Morgan fingerprint density at radius 3 is 2.75 bits per heavy atom. The lowest BCUT2D eigenvalue weighted by molar-refractivity contribution is 0.0697. The molecular weight excluding hydrogens is 270 g/mol. The van der Waals surface area contributed by atoms with E-state index in [0.717, 1.165) is 18.3 Å². The summed E-state index contributed by atoms with van der Waals surface area (Å²) in [5, 5.41) is 11.5. The molecular formula is C13H10F2N2O3. The summed E-state index contributed by atoms with van der Waals surface area (Å²) in [6.07, 6.45) is 0.840. The first kappa shape index (κ1) is 13.7. The first-order chi connectivity index (χ1) is 9.51. The topological polar surface area (TPSA) is 71.5 Å². The van der Waals surface area contributed by atoms with Crippen molar-refractivity contribution in [2.24, 2.45) is 0 Å². The average Bonchev–Trinajstić information content (AvgIpc) is 2.42. The number of methoxy groups -OCH3 is 1. The number of hydrogen-bond donors (Lipinski definition) is 2. The SMILES string of the molecule is COc1ccc(F)c(Nc2ncc(F)cc2C(=O)O)c1. The van der Waals surface area contributed by atoms with E-state index in [0.29, 0.717) is 5.75 Å². The smallest absolute Gasteiger partial charge is 0.339 e. The van der Waals surface area contributed by atoms with E-state index in [9.17, 15) is 13.6 Å². The predicted octanol–water partition coefficient (Wildman–Crippen LogP) is 2.81. The molecule has 0 unspecified atom stereocenters. The van der Waals surface area contributed by atoms with Crippen LogP contribution in [0.2, 0.25) is 0 Å². The van der Waals surface area contributed by atoms with Gasteiger partial charge in [0.25, 0.3) is 0 Å². The van der Waals surface area contributed by atoms with Crippen molar-refractivity contribution in [1.29, 1.82) is 0 Å². The highest BCUT2D eigenvalue weighted by Crippen LogP contribution is 2.25. The van der Waals surface area contributed by atoms with E-state index in [2.05, 4.69) is 10.3 Å². The highest BCUT2D eigenvalue weighted by atomic mass is 19.1. The summed E-state index contributed by atoms with van der Waals surface area (Å²) in [6, 6.07) is 4.71. The molecule has 0 aliphatic carbocycles. The lowest BCUT2D eigenvalue weighted by atomic mass is 10.2. The molecule has 2 N–H and O–H groups in total. The number of benzene rings is 1. The molecule has 2 rings (SSSR count). The molecule has 0 spiro atoms. The van der Waals surface area contributed by atoms with Gasteiger partial charge in [0, 0.05) is 6.07 Å². The fourth-order valence-electron chi connectivity index (χ4n) is 1.56. The Labute approximate surface area is 112 Å². The van der Waals surface area contributed by atoms with Crippen molar-refractivity contribution in [3.05, 3.63) is 47.7 Å². The van der Waals surface area contributed by atoms with E-state index in [1.54, 1.807) is 0 Å². The van der Waals surface area contributed by atoms with Crippen LogP contribution in [-0.2, 0) is 0 Å². The van der Waals surface area contributed by atoms with Crippen LogP contribution in [0.3, 0.4) is 0 Å². The second kappa shape index (κ2) is 5.52. The van der Waals surface area contributed by atoms with Crippen LogP contribution >= 0.6 is 0 Å². The van der Waals surface area contributed by atoms with Crippen LogP contribution in [0, 0.1) is 11.6 Å². The molecule has 104 valence electrons. The van der Waals surface area contributed by atoms with E-state index >= 15 is 0 Å². The minimum absolute atomic E-state index is 0.0223. The van der Waals surface area contributed by atoms with Crippen molar-refractivity contribution < 1.29 is 23.4 Å². The standard InChI is InChI=1S/C13H10F2N2O3/c1-20-8-2-3-10(15)11(5-8)17-12-9(13(18)19)4-7(14)6-16-12/h2-6H,1H3,(H,16,17)(H,18,19). The molecule has 1 heterocycles. The molecule has 0 aliphatic rings. The van der Waals surface area contributed by atoms with Gasteiger partial charge in [0.1, 0.15) is 28.8 Å². The monoisotopic (exact) mass is 280 g/mol. The van der Waals surface area contributed by atoms with Crippen LogP contribution in [0.1, 0.15) is 10.4 Å². The third-order valence-corrected chi connectivity index (χ3v) is 2.51. The van der Waals surface area contributed by atoms with Gasteiger partial charge in [-0.3, -0.25) is 0 Å². The quantitative estimate of drug-likeness (QED) is 0.901. The number of halogens is 2. The molecule has 0 radical (unpaired) electrons. The normalized spacial score (nSPS) is 10.2. The summed E-state index contributed by atoms with van der Waals surface area (Å²) in [6.45, 7) is 0. The highest BCUT2D eigenvalue weighted by Gasteiger charge is 2.15. The van der Waals surface area contributed by atoms with Crippen molar-refractivity contribution in [2.75, 3.05) is 12.4 Å². The van der Waals surface area contributed by atoms with Gasteiger partial charge in [-0.2, -0.15) is 0 Å². The van der Waals surface area contributed by atoms with Gasteiger partial charge in [-0.15, -0.1) is 0 Å². The molecule has 0 aliphatic heterocycles. The number of rotatable bonds is 4. The minimum Gasteiger partial charge on any atom is -0.497 e. The lowest BCUT2D eigenvalue weighted by Crippen LogP contribution is -2.06. The number of pyridine rings is 1. The highest BCUT2D eigenvalue weighted by molar-refractivity contribution is 5.94. The van der Waals surface area contributed by atoms with E-state index in [-0.39, 0.29) is 11.5 Å². The molecule has 20 heavy (non-hydrogen) atoms. The predicted molar refractivity (Wildman–Crippen MR) is 67.4 cm³/mol. The first-order valence-electron chi connectivity index (χ1n) is 5.50. The molecule has 0 atom stereocenters. The zero-order valence-corrected chi connectivity index (χ0v) is 10.4. The van der Waals surface area contributed by atoms with Crippen molar-refractivity contribution in [3.8, 4) is 5.75 Å². The summed E-state index contributed by atoms with van der Waals surface area (Å²) in [5.74, 6) is -2.56. The van der Waals surface area contributed by atoms with Crippen LogP contribution in [0.25, 0.3) is 0 Å². The second-order valence-corrected chi connectivity index (χ2v) is 3.83. The lowest BCUT2D eigenvalue weighted by Gasteiger charge is -2.10. The first-order valence-corrected chi connectivity index (χ1v) is 5.50. The van der Waals surface area contributed by atoms with Gasteiger partial charge in [0.2, 0.25) is 0 Å². The second-order valence-electron chi connectivity index (χ2n) is 3.83. The van der Waals surface area contributed by atoms with E-state index in [4.69, 9.17) is 9.84 Å². The van der Waals surface area contributed by atoms with Crippen LogP contribution < -0.4 is 10.1 Å². The summed E-state index contributed by atoms with van der Waals surface area (Å²) >= 11 is 0. The number of anilines is 2. The zero-order chi connectivity index (χ0) is 14.7. The molecule has 0 saturated carbocycles.